The Bertz CT molecular complexity index is 1160. The van der Waals surface area contributed by atoms with Gasteiger partial charge in [0.1, 0.15) is 12.4 Å². The number of halogens is 3. The highest BCUT2D eigenvalue weighted by Gasteiger charge is 2.31. The van der Waals surface area contributed by atoms with E-state index in [1.165, 1.54) is 12.1 Å². The summed E-state index contributed by atoms with van der Waals surface area (Å²) in [6.07, 6.45) is -5.55. The van der Waals surface area contributed by atoms with E-state index in [1.807, 2.05) is 48.5 Å². The number of ether oxygens (including phenoxy) is 2. The van der Waals surface area contributed by atoms with Crippen molar-refractivity contribution >= 4 is 12.1 Å². The van der Waals surface area contributed by atoms with Gasteiger partial charge in [0.25, 0.3) is 0 Å². The van der Waals surface area contributed by atoms with Gasteiger partial charge in [0.05, 0.1) is 5.92 Å². The largest absolute Gasteiger partial charge is 0.573 e. The number of nitrogens with one attached hydrogen (secondary N) is 1. The molecule has 0 saturated carbocycles. The summed E-state index contributed by atoms with van der Waals surface area (Å²) >= 11 is 0. The van der Waals surface area contributed by atoms with Gasteiger partial charge >= 0.3 is 18.4 Å². The Morgan fingerprint density at radius 2 is 1.49 bits per heavy atom. The van der Waals surface area contributed by atoms with Crippen LogP contribution in [0.5, 0.6) is 5.75 Å². The van der Waals surface area contributed by atoms with Gasteiger partial charge in [-0.05, 0) is 46.4 Å². The van der Waals surface area contributed by atoms with Crippen molar-refractivity contribution in [3.05, 3.63) is 89.5 Å². The lowest BCUT2D eigenvalue weighted by Gasteiger charge is -2.16. The predicted octanol–water partition coefficient (Wildman–Crippen LogP) is 5.37. The molecule has 0 radical (unpaired) electrons. The minimum atomic E-state index is -4.81. The highest BCUT2D eigenvalue weighted by molar-refractivity contribution is 5.79. The highest BCUT2D eigenvalue weighted by atomic mass is 19.4. The summed E-state index contributed by atoms with van der Waals surface area (Å²) in [6, 6.07) is 20.7. The summed E-state index contributed by atoms with van der Waals surface area (Å²) in [7, 11) is 0. The normalized spacial score (nSPS) is 13.5. The van der Waals surface area contributed by atoms with Crippen molar-refractivity contribution in [2.45, 2.75) is 18.7 Å². The highest BCUT2D eigenvalue weighted by Crippen LogP contribution is 2.44. The van der Waals surface area contributed by atoms with Gasteiger partial charge in [0.2, 0.25) is 0 Å². The molecule has 35 heavy (non-hydrogen) atoms. The SMILES string of the molecule is O=C(NC[C@H](Cc1ccc(OC(F)(F)F)cc1)C(=O)O)OCC1c2ccccc2-c2ccccc21. The third kappa shape index (κ3) is 5.92. The molecule has 0 saturated heterocycles. The number of alkyl halides is 3. The maximum absolute atomic E-state index is 12.3. The molecule has 1 amide bonds. The van der Waals surface area contributed by atoms with Gasteiger partial charge in [-0.25, -0.2) is 4.79 Å². The molecule has 2 N–H and O–H groups in total. The van der Waals surface area contributed by atoms with Crippen LogP contribution in [0.2, 0.25) is 0 Å². The molecular weight excluding hydrogens is 463 g/mol. The van der Waals surface area contributed by atoms with Crippen LogP contribution in [0.4, 0.5) is 18.0 Å². The first-order valence-electron chi connectivity index (χ1n) is 10.9. The summed E-state index contributed by atoms with van der Waals surface area (Å²) in [6.45, 7) is -0.106. The summed E-state index contributed by atoms with van der Waals surface area (Å²) in [4.78, 5) is 24.0. The quantitative estimate of drug-likeness (QED) is 0.448. The standard InChI is InChI=1S/C26H22F3NO5/c27-26(28,29)35-18-11-9-16(10-12-18)13-17(24(31)32)14-30-25(33)34-15-23-21-7-3-1-5-19(21)20-6-2-4-8-22(20)23/h1-12,17,23H,13-15H2,(H,30,33)(H,31,32)/t17-/m0/s1. The first-order valence-corrected chi connectivity index (χ1v) is 10.9. The number of aliphatic carboxylic acids is 1. The van der Waals surface area contributed by atoms with E-state index in [1.54, 1.807) is 0 Å². The zero-order valence-corrected chi connectivity index (χ0v) is 18.4. The topological polar surface area (TPSA) is 84.9 Å². The third-order valence-corrected chi connectivity index (χ3v) is 5.82. The molecule has 6 nitrogen and oxygen atoms in total. The van der Waals surface area contributed by atoms with Gasteiger partial charge in [-0.2, -0.15) is 0 Å². The molecule has 0 bridgehead atoms. The average Bonchev–Trinajstić information content (AvgIpc) is 3.14. The predicted molar refractivity (Wildman–Crippen MR) is 121 cm³/mol. The van der Waals surface area contributed by atoms with Crippen molar-refractivity contribution < 1.29 is 37.3 Å². The van der Waals surface area contributed by atoms with E-state index >= 15 is 0 Å². The number of hydrogen-bond donors (Lipinski definition) is 2. The second-order valence-corrected chi connectivity index (χ2v) is 8.14. The van der Waals surface area contributed by atoms with E-state index in [0.717, 1.165) is 34.4 Å². The Morgan fingerprint density at radius 1 is 0.914 bits per heavy atom. The molecule has 0 fully saturated rings. The number of carboxylic acids is 1. The minimum Gasteiger partial charge on any atom is -0.481 e. The molecular formula is C26H22F3NO5. The van der Waals surface area contributed by atoms with Crippen molar-refractivity contribution in [3.63, 3.8) is 0 Å². The van der Waals surface area contributed by atoms with Gasteiger partial charge in [-0.15, -0.1) is 13.2 Å². The molecule has 1 aliphatic rings. The van der Waals surface area contributed by atoms with Gasteiger partial charge in [-0.1, -0.05) is 60.7 Å². The Kier molecular flexibility index (Phi) is 6.95. The maximum Gasteiger partial charge on any atom is 0.573 e. The maximum atomic E-state index is 12.3. The fourth-order valence-corrected chi connectivity index (χ4v) is 4.21. The van der Waals surface area contributed by atoms with Gasteiger partial charge in [-0.3, -0.25) is 4.79 Å². The fourth-order valence-electron chi connectivity index (χ4n) is 4.21. The summed E-state index contributed by atoms with van der Waals surface area (Å²) in [5.74, 6) is -2.67. The Labute approximate surface area is 199 Å². The van der Waals surface area contributed by atoms with Crippen LogP contribution in [0.1, 0.15) is 22.6 Å². The zero-order chi connectivity index (χ0) is 25.0. The second-order valence-electron chi connectivity index (χ2n) is 8.14. The molecule has 182 valence electrons. The number of benzene rings is 3. The summed E-state index contributed by atoms with van der Waals surface area (Å²) < 4.78 is 46.1. The first kappa shape index (κ1) is 24.1. The Morgan fingerprint density at radius 3 is 2.03 bits per heavy atom. The van der Waals surface area contributed by atoms with Gasteiger partial charge in [0.15, 0.2) is 0 Å². The van der Waals surface area contributed by atoms with Crippen LogP contribution >= 0.6 is 0 Å². The van der Waals surface area contributed by atoms with Crippen LogP contribution in [0, 0.1) is 5.92 Å². The second kappa shape index (κ2) is 10.1. The van der Waals surface area contributed by atoms with Gasteiger partial charge in [0, 0.05) is 12.5 Å². The van der Waals surface area contributed by atoms with Crippen LogP contribution in [0.15, 0.2) is 72.8 Å². The van der Waals surface area contributed by atoms with E-state index in [4.69, 9.17) is 4.74 Å². The first-order chi connectivity index (χ1) is 16.7. The molecule has 9 heteroatoms. The number of carboxylic acid groups (broad SMARTS) is 1. The van der Waals surface area contributed by atoms with E-state index in [-0.39, 0.29) is 25.5 Å². The molecule has 3 aromatic carbocycles. The molecule has 0 aromatic heterocycles. The number of fused-ring (bicyclic) bond motifs is 3. The van der Waals surface area contributed by atoms with Crippen LogP contribution in [0.3, 0.4) is 0 Å². The number of rotatable bonds is 8. The number of carbonyl (C=O) groups is 2. The monoisotopic (exact) mass is 485 g/mol. The molecule has 0 spiro atoms. The van der Waals surface area contributed by atoms with E-state index in [0.29, 0.717) is 5.56 Å². The van der Waals surface area contributed by atoms with Crippen molar-refractivity contribution in [2.75, 3.05) is 13.2 Å². The van der Waals surface area contributed by atoms with Crippen LogP contribution in [-0.4, -0.2) is 36.7 Å². The van der Waals surface area contributed by atoms with E-state index < -0.39 is 30.1 Å². The lowest BCUT2D eigenvalue weighted by atomic mass is 9.98. The smallest absolute Gasteiger partial charge is 0.481 e. The molecule has 1 aliphatic carbocycles. The number of carbonyl (C=O) groups excluding carboxylic acids is 1. The number of amides is 1. The molecule has 1 atom stereocenters. The molecule has 0 aliphatic heterocycles. The van der Waals surface area contributed by atoms with Crippen LogP contribution < -0.4 is 10.1 Å². The Balaban J connectivity index is 1.32. The molecule has 3 aromatic rings. The van der Waals surface area contributed by atoms with Crippen molar-refractivity contribution in [3.8, 4) is 16.9 Å². The Hall–Kier alpha value is -4.01. The van der Waals surface area contributed by atoms with Crippen molar-refractivity contribution in [2.24, 2.45) is 5.92 Å². The van der Waals surface area contributed by atoms with E-state index in [2.05, 4.69) is 10.1 Å². The third-order valence-electron chi connectivity index (χ3n) is 5.82. The van der Waals surface area contributed by atoms with Gasteiger partial charge < -0.3 is 19.9 Å². The lowest BCUT2D eigenvalue weighted by molar-refractivity contribution is -0.274. The molecule has 0 unspecified atom stereocenters. The molecule has 4 rings (SSSR count). The van der Waals surface area contributed by atoms with Crippen molar-refractivity contribution in [1.29, 1.82) is 0 Å². The van der Waals surface area contributed by atoms with Crippen LogP contribution in [0.25, 0.3) is 11.1 Å². The number of hydrogen-bond acceptors (Lipinski definition) is 4. The van der Waals surface area contributed by atoms with Crippen LogP contribution in [-0.2, 0) is 16.0 Å². The lowest BCUT2D eigenvalue weighted by Crippen LogP contribution is -2.35. The average molecular weight is 485 g/mol. The molecule has 0 heterocycles. The fraction of sp³-hybridized carbons (Fsp3) is 0.231. The minimum absolute atomic E-state index is 0.00524. The van der Waals surface area contributed by atoms with E-state index in [9.17, 15) is 27.9 Å². The summed E-state index contributed by atoms with van der Waals surface area (Å²) in [5, 5.41) is 12.0. The zero-order valence-electron chi connectivity index (χ0n) is 18.4. The van der Waals surface area contributed by atoms with Crippen molar-refractivity contribution in [1.82, 2.24) is 5.32 Å². The summed E-state index contributed by atoms with van der Waals surface area (Å²) in [5.41, 5.74) is 4.79. The number of alkyl carbamates (subject to hydrolysis) is 1.